The summed E-state index contributed by atoms with van der Waals surface area (Å²) in [7, 11) is 0. The Hall–Kier alpha value is -0.730. The molecule has 0 unspecified atom stereocenters. The van der Waals surface area contributed by atoms with Gasteiger partial charge in [-0.25, -0.2) is 4.98 Å². The summed E-state index contributed by atoms with van der Waals surface area (Å²) < 4.78 is 0.905. The predicted octanol–water partition coefficient (Wildman–Crippen LogP) is 2.49. The van der Waals surface area contributed by atoms with Crippen LogP contribution in [0.15, 0.2) is 4.34 Å². The van der Waals surface area contributed by atoms with Gasteiger partial charge in [-0.2, -0.15) is 5.26 Å². The number of unbranched alkanes of at least 4 members (excludes halogenated alkanes) is 1. The maximum absolute atomic E-state index is 8.63. The van der Waals surface area contributed by atoms with Gasteiger partial charge in [-0.3, -0.25) is 0 Å². The highest BCUT2D eigenvalue weighted by Crippen LogP contribution is 2.28. The first-order chi connectivity index (χ1) is 6.27. The average molecular weight is 213 g/mol. The van der Waals surface area contributed by atoms with E-state index in [4.69, 9.17) is 11.0 Å². The first kappa shape index (κ1) is 10.4. The van der Waals surface area contributed by atoms with E-state index in [-0.39, 0.29) is 0 Å². The fourth-order valence-electron chi connectivity index (χ4n) is 0.757. The second kappa shape index (κ2) is 5.10. The molecule has 5 heteroatoms. The van der Waals surface area contributed by atoms with Gasteiger partial charge in [-0.05, 0) is 6.42 Å². The van der Waals surface area contributed by atoms with Crippen molar-refractivity contribution >= 4 is 28.9 Å². The second-order valence-corrected chi connectivity index (χ2v) is 4.85. The number of rotatable bonds is 4. The summed E-state index contributed by atoms with van der Waals surface area (Å²) in [5.41, 5.74) is 5.52. The third-order valence-electron chi connectivity index (χ3n) is 1.46. The van der Waals surface area contributed by atoms with Crippen molar-refractivity contribution in [3.63, 3.8) is 0 Å². The largest absolute Gasteiger partial charge is 0.382 e. The summed E-state index contributed by atoms with van der Waals surface area (Å²) in [4.78, 5) is 4.62. The highest BCUT2D eigenvalue weighted by Gasteiger charge is 2.06. The SMILES string of the molecule is CCCCSc1nc(N)c(C#N)s1. The average Bonchev–Trinajstić information content (AvgIpc) is 2.47. The molecule has 1 aromatic heterocycles. The van der Waals surface area contributed by atoms with Crippen LogP contribution in [0.1, 0.15) is 24.6 Å². The number of nitriles is 1. The van der Waals surface area contributed by atoms with Gasteiger partial charge in [0.25, 0.3) is 0 Å². The van der Waals surface area contributed by atoms with Gasteiger partial charge in [0.15, 0.2) is 10.2 Å². The zero-order valence-corrected chi connectivity index (χ0v) is 9.04. The van der Waals surface area contributed by atoms with E-state index < -0.39 is 0 Å². The molecule has 0 aromatic carbocycles. The molecule has 0 aliphatic carbocycles. The van der Waals surface area contributed by atoms with Crippen LogP contribution >= 0.6 is 23.1 Å². The number of nitrogen functional groups attached to an aromatic ring is 1. The van der Waals surface area contributed by atoms with Crippen molar-refractivity contribution in [2.75, 3.05) is 11.5 Å². The Bertz CT molecular complexity index is 314. The molecule has 0 spiro atoms. The van der Waals surface area contributed by atoms with Crippen molar-refractivity contribution in [2.24, 2.45) is 0 Å². The number of hydrogen-bond acceptors (Lipinski definition) is 5. The molecular weight excluding hydrogens is 202 g/mol. The maximum Gasteiger partial charge on any atom is 0.154 e. The van der Waals surface area contributed by atoms with Gasteiger partial charge < -0.3 is 5.73 Å². The molecule has 0 radical (unpaired) electrons. The van der Waals surface area contributed by atoms with Crippen LogP contribution in [0.4, 0.5) is 5.82 Å². The third kappa shape index (κ3) is 2.90. The topological polar surface area (TPSA) is 62.7 Å². The lowest BCUT2D eigenvalue weighted by Gasteiger charge is -1.92. The molecule has 0 saturated carbocycles. The van der Waals surface area contributed by atoms with Crippen LogP contribution < -0.4 is 5.73 Å². The number of hydrogen-bond donors (Lipinski definition) is 1. The van der Waals surface area contributed by atoms with Crippen molar-refractivity contribution in [1.82, 2.24) is 4.98 Å². The van der Waals surface area contributed by atoms with E-state index in [9.17, 15) is 0 Å². The molecule has 13 heavy (non-hydrogen) atoms. The number of aromatic nitrogens is 1. The molecule has 2 N–H and O–H groups in total. The summed E-state index contributed by atoms with van der Waals surface area (Å²) in [6.45, 7) is 2.15. The minimum absolute atomic E-state index is 0.367. The van der Waals surface area contributed by atoms with E-state index in [1.807, 2.05) is 6.07 Å². The minimum Gasteiger partial charge on any atom is -0.382 e. The van der Waals surface area contributed by atoms with E-state index in [0.29, 0.717) is 10.7 Å². The Balaban J connectivity index is 2.54. The Kier molecular flexibility index (Phi) is 4.06. The highest BCUT2D eigenvalue weighted by atomic mass is 32.2. The van der Waals surface area contributed by atoms with E-state index in [2.05, 4.69) is 11.9 Å². The quantitative estimate of drug-likeness (QED) is 0.616. The molecule has 0 aliphatic rings. The monoisotopic (exact) mass is 213 g/mol. The molecule has 3 nitrogen and oxygen atoms in total. The van der Waals surface area contributed by atoms with Crippen molar-refractivity contribution < 1.29 is 0 Å². The Morgan fingerprint density at radius 2 is 2.46 bits per heavy atom. The van der Waals surface area contributed by atoms with Crippen LogP contribution in [0, 0.1) is 11.3 Å². The zero-order chi connectivity index (χ0) is 9.68. The van der Waals surface area contributed by atoms with Crippen molar-refractivity contribution in [1.29, 1.82) is 5.26 Å². The fraction of sp³-hybridized carbons (Fsp3) is 0.500. The lowest BCUT2D eigenvalue weighted by molar-refractivity contribution is 0.896. The number of nitrogens with zero attached hydrogens (tertiary/aromatic N) is 2. The van der Waals surface area contributed by atoms with Crippen molar-refractivity contribution in [2.45, 2.75) is 24.1 Å². The second-order valence-electron chi connectivity index (χ2n) is 2.51. The van der Waals surface area contributed by atoms with Crippen molar-refractivity contribution in [3.8, 4) is 6.07 Å². The summed E-state index contributed by atoms with van der Waals surface area (Å²) >= 11 is 3.05. The summed E-state index contributed by atoms with van der Waals surface area (Å²) in [5, 5.41) is 8.63. The first-order valence-corrected chi connectivity index (χ1v) is 5.87. The minimum atomic E-state index is 0.367. The molecule has 0 atom stereocenters. The molecule has 0 saturated heterocycles. The summed E-state index contributed by atoms with van der Waals surface area (Å²) in [6.07, 6.45) is 2.35. The predicted molar refractivity (Wildman–Crippen MR) is 56.9 cm³/mol. The standard InChI is InChI=1S/C8H11N3S2/c1-2-3-4-12-8-11-7(10)6(5-9)13-8/h2-4,10H2,1H3. The normalized spacial score (nSPS) is 9.85. The zero-order valence-electron chi connectivity index (χ0n) is 7.41. The van der Waals surface area contributed by atoms with Crippen LogP contribution in [0.3, 0.4) is 0 Å². The lowest BCUT2D eigenvalue weighted by Crippen LogP contribution is -1.86. The molecule has 1 heterocycles. The van der Waals surface area contributed by atoms with Crippen LogP contribution in [0.25, 0.3) is 0 Å². The Morgan fingerprint density at radius 3 is 3.00 bits per heavy atom. The third-order valence-corrected chi connectivity index (χ3v) is 3.66. The van der Waals surface area contributed by atoms with Gasteiger partial charge >= 0.3 is 0 Å². The van der Waals surface area contributed by atoms with Crippen molar-refractivity contribution in [3.05, 3.63) is 4.88 Å². The first-order valence-electron chi connectivity index (χ1n) is 4.07. The van der Waals surface area contributed by atoms with Gasteiger partial charge in [0.2, 0.25) is 0 Å². The molecule has 70 valence electrons. The number of nitrogens with two attached hydrogens (primary N) is 1. The van der Waals surface area contributed by atoms with Gasteiger partial charge in [0.05, 0.1) is 0 Å². The van der Waals surface area contributed by atoms with Gasteiger partial charge in [-0.1, -0.05) is 36.4 Å². The summed E-state index contributed by atoms with van der Waals surface area (Å²) in [6, 6.07) is 2.02. The molecular formula is C8H11N3S2. The van der Waals surface area contributed by atoms with Gasteiger partial charge in [-0.15, -0.1) is 0 Å². The highest BCUT2D eigenvalue weighted by molar-refractivity contribution is 8.01. The number of anilines is 1. The van der Waals surface area contributed by atoms with E-state index in [1.54, 1.807) is 11.8 Å². The molecule has 0 fully saturated rings. The molecule has 1 aromatic rings. The van der Waals surface area contributed by atoms with E-state index in [0.717, 1.165) is 10.1 Å². The smallest absolute Gasteiger partial charge is 0.154 e. The van der Waals surface area contributed by atoms with Crippen LogP contribution in [0.2, 0.25) is 0 Å². The molecule has 0 aliphatic heterocycles. The van der Waals surface area contributed by atoms with Crippen LogP contribution in [-0.2, 0) is 0 Å². The van der Waals surface area contributed by atoms with E-state index in [1.165, 1.54) is 24.2 Å². The molecule has 1 rings (SSSR count). The maximum atomic E-state index is 8.63. The lowest BCUT2D eigenvalue weighted by atomic mass is 10.4. The van der Waals surface area contributed by atoms with Crippen LogP contribution in [-0.4, -0.2) is 10.7 Å². The Morgan fingerprint density at radius 1 is 1.69 bits per heavy atom. The summed E-state index contributed by atoms with van der Waals surface area (Å²) in [5.74, 6) is 1.42. The van der Waals surface area contributed by atoms with Gasteiger partial charge in [0.1, 0.15) is 10.9 Å². The fourth-order valence-corrected chi connectivity index (χ4v) is 2.78. The Labute approximate surface area is 86.0 Å². The van der Waals surface area contributed by atoms with Gasteiger partial charge in [0, 0.05) is 5.75 Å². The molecule has 0 bridgehead atoms. The number of thioether (sulfide) groups is 1. The molecule has 0 amide bonds. The number of thiazole rings is 1. The van der Waals surface area contributed by atoms with E-state index >= 15 is 0 Å². The van der Waals surface area contributed by atoms with Crippen LogP contribution in [0.5, 0.6) is 0 Å².